The third kappa shape index (κ3) is 4.61. The number of fused-ring (bicyclic) bond motifs is 1. The lowest BCUT2D eigenvalue weighted by Crippen LogP contribution is -2.47. The Kier molecular flexibility index (Phi) is 5.52. The molecule has 0 bridgehead atoms. The molecule has 0 atom stereocenters. The molecule has 31 heavy (non-hydrogen) atoms. The summed E-state index contributed by atoms with van der Waals surface area (Å²) in [6.07, 6.45) is -4.54. The van der Waals surface area contributed by atoms with Crippen molar-refractivity contribution in [2.45, 2.75) is 12.7 Å². The van der Waals surface area contributed by atoms with Crippen LogP contribution in [0.3, 0.4) is 0 Å². The summed E-state index contributed by atoms with van der Waals surface area (Å²) in [5.74, 6) is 0.829. The average Bonchev–Trinajstić information content (AvgIpc) is 2.73. The zero-order valence-electron chi connectivity index (χ0n) is 17.1. The number of benzene rings is 1. The Balaban J connectivity index is 1.48. The maximum absolute atomic E-state index is 13.3. The molecular weight excluding hydrogens is 411 g/mol. The van der Waals surface area contributed by atoms with Crippen LogP contribution in [0.1, 0.15) is 11.5 Å². The minimum atomic E-state index is -4.54. The SMILES string of the molecule is CN(C)c1cc(C(F)(F)F)nc(N2CCN(Cc3nc4ccccc4c(=O)[nH]3)CC2)n1. The first-order valence-corrected chi connectivity index (χ1v) is 9.79. The number of alkyl halides is 3. The number of hydrogen-bond acceptors (Lipinski definition) is 7. The minimum absolute atomic E-state index is 0.0652. The van der Waals surface area contributed by atoms with Crippen molar-refractivity contribution in [3.63, 3.8) is 0 Å². The molecule has 3 aromatic rings. The van der Waals surface area contributed by atoms with E-state index < -0.39 is 11.9 Å². The van der Waals surface area contributed by atoms with Gasteiger partial charge in [0.05, 0.1) is 17.4 Å². The summed E-state index contributed by atoms with van der Waals surface area (Å²) in [7, 11) is 3.28. The van der Waals surface area contributed by atoms with Crippen LogP contribution in [0.15, 0.2) is 35.1 Å². The van der Waals surface area contributed by atoms with E-state index in [0.717, 1.165) is 6.07 Å². The number of H-pyrrole nitrogens is 1. The molecular formula is C20H22F3N7O. The number of rotatable bonds is 4. The second-order valence-corrected chi connectivity index (χ2v) is 7.60. The topological polar surface area (TPSA) is 81.3 Å². The maximum atomic E-state index is 13.3. The summed E-state index contributed by atoms with van der Waals surface area (Å²) < 4.78 is 39.8. The van der Waals surface area contributed by atoms with E-state index in [1.165, 1.54) is 4.90 Å². The van der Waals surface area contributed by atoms with E-state index in [-0.39, 0.29) is 17.3 Å². The number of nitrogens with zero attached hydrogens (tertiary/aromatic N) is 6. The van der Waals surface area contributed by atoms with E-state index in [9.17, 15) is 18.0 Å². The molecule has 8 nitrogen and oxygen atoms in total. The van der Waals surface area contributed by atoms with Gasteiger partial charge in [0, 0.05) is 46.3 Å². The fourth-order valence-corrected chi connectivity index (χ4v) is 3.47. The molecule has 1 saturated heterocycles. The van der Waals surface area contributed by atoms with Gasteiger partial charge in [-0.1, -0.05) is 12.1 Å². The van der Waals surface area contributed by atoms with Crippen LogP contribution >= 0.6 is 0 Å². The van der Waals surface area contributed by atoms with Crippen LogP contribution in [0.5, 0.6) is 0 Å². The van der Waals surface area contributed by atoms with Gasteiger partial charge in [0.15, 0.2) is 5.69 Å². The molecule has 0 spiro atoms. The predicted molar refractivity (Wildman–Crippen MR) is 111 cm³/mol. The van der Waals surface area contributed by atoms with Crippen LogP contribution in [-0.2, 0) is 12.7 Å². The van der Waals surface area contributed by atoms with Gasteiger partial charge >= 0.3 is 6.18 Å². The molecule has 3 heterocycles. The normalized spacial score (nSPS) is 15.5. The zero-order valence-corrected chi connectivity index (χ0v) is 17.1. The molecule has 0 aliphatic carbocycles. The van der Waals surface area contributed by atoms with Gasteiger partial charge in [0.25, 0.3) is 5.56 Å². The molecule has 0 radical (unpaired) electrons. The first-order valence-electron chi connectivity index (χ1n) is 9.79. The van der Waals surface area contributed by atoms with Crippen LogP contribution in [0.25, 0.3) is 10.9 Å². The summed E-state index contributed by atoms with van der Waals surface area (Å²) in [5, 5.41) is 0.537. The summed E-state index contributed by atoms with van der Waals surface area (Å²) in [6, 6.07) is 8.08. The first-order chi connectivity index (χ1) is 14.7. The number of piperazine rings is 1. The molecule has 1 aromatic carbocycles. The smallest absolute Gasteiger partial charge is 0.363 e. The quantitative estimate of drug-likeness (QED) is 0.675. The lowest BCUT2D eigenvalue weighted by molar-refractivity contribution is -0.141. The van der Waals surface area contributed by atoms with Gasteiger partial charge in [-0.15, -0.1) is 0 Å². The number of aromatic nitrogens is 4. The highest BCUT2D eigenvalue weighted by atomic mass is 19.4. The molecule has 1 N–H and O–H groups in total. The van der Waals surface area contributed by atoms with Crippen LogP contribution < -0.4 is 15.4 Å². The van der Waals surface area contributed by atoms with Crippen molar-refractivity contribution in [3.05, 3.63) is 52.2 Å². The highest BCUT2D eigenvalue weighted by Gasteiger charge is 2.35. The lowest BCUT2D eigenvalue weighted by Gasteiger charge is -2.34. The molecule has 2 aromatic heterocycles. The lowest BCUT2D eigenvalue weighted by atomic mass is 10.2. The summed E-state index contributed by atoms with van der Waals surface area (Å²) in [5.41, 5.74) is -0.511. The van der Waals surface area contributed by atoms with Gasteiger partial charge in [-0.25, -0.2) is 9.97 Å². The van der Waals surface area contributed by atoms with Gasteiger partial charge in [-0.05, 0) is 12.1 Å². The van der Waals surface area contributed by atoms with Crippen LogP contribution in [-0.4, -0.2) is 65.1 Å². The molecule has 0 saturated carbocycles. The molecule has 0 unspecified atom stereocenters. The Bertz CT molecular complexity index is 1140. The predicted octanol–water partition coefficient (Wildman–Crippen LogP) is 2.12. The molecule has 164 valence electrons. The molecule has 1 aliphatic heterocycles. The summed E-state index contributed by atoms with van der Waals surface area (Å²) >= 11 is 0. The van der Waals surface area contributed by atoms with E-state index >= 15 is 0 Å². The van der Waals surface area contributed by atoms with Crippen LogP contribution in [0, 0.1) is 0 Å². The van der Waals surface area contributed by atoms with Gasteiger partial charge in [-0.2, -0.15) is 18.2 Å². The van der Waals surface area contributed by atoms with E-state index in [1.54, 1.807) is 37.2 Å². The van der Waals surface area contributed by atoms with Gasteiger partial charge in [0.1, 0.15) is 11.6 Å². The number of anilines is 2. The van der Waals surface area contributed by atoms with Gasteiger partial charge < -0.3 is 14.8 Å². The standard InChI is InChI=1S/C20H22F3N7O/c1-28(2)17-11-15(20(21,22)23)25-19(27-17)30-9-7-29(8-10-30)12-16-24-14-6-4-3-5-13(14)18(31)26-16/h3-6,11H,7-10,12H2,1-2H3,(H,24,26,31). The Morgan fingerprint density at radius 3 is 2.45 bits per heavy atom. The van der Waals surface area contributed by atoms with E-state index in [0.29, 0.717) is 49.5 Å². The first kappa shape index (κ1) is 21.0. The fraction of sp³-hybridized carbons (Fsp3) is 0.400. The second kappa shape index (κ2) is 8.14. The molecule has 0 amide bonds. The fourth-order valence-electron chi connectivity index (χ4n) is 3.47. The van der Waals surface area contributed by atoms with Crippen molar-refractivity contribution in [2.75, 3.05) is 50.1 Å². The van der Waals surface area contributed by atoms with E-state index in [1.807, 2.05) is 6.07 Å². The van der Waals surface area contributed by atoms with Gasteiger partial charge in [-0.3, -0.25) is 9.69 Å². The second-order valence-electron chi connectivity index (χ2n) is 7.60. The third-order valence-corrected chi connectivity index (χ3v) is 5.14. The van der Waals surface area contributed by atoms with Crippen molar-refractivity contribution >= 4 is 22.7 Å². The molecule has 1 aliphatic rings. The maximum Gasteiger partial charge on any atom is 0.433 e. The van der Waals surface area contributed by atoms with E-state index in [4.69, 9.17) is 0 Å². The third-order valence-electron chi connectivity index (χ3n) is 5.14. The van der Waals surface area contributed by atoms with Crippen molar-refractivity contribution in [2.24, 2.45) is 0 Å². The number of para-hydroxylation sites is 1. The largest absolute Gasteiger partial charge is 0.433 e. The Labute approximate surface area is 176 Å². The Hall–Kier alpha value is -3.21. The minimum Gasteiger partial charge on any atom is -0.363 e. The summed E-state index contributed by atoms with van der Waals surface area (Å²) in [4.78, 5) is 33.0. The average molecular weight is 433 g/mol. The van der Waals surface area contributed by atoms with Crippen LogP contribution in [0.2, 0.25) is 0 Å². The van der Waals surface area contributed by atoms with Crippen molar-refractivity contribution in [1.82, 2.24) is 24.8 Å². The monoisotopic (exact) mass is 433 g/mol. The number of halogens is 3. The number of hydrogen-bond donors (Lipinski definition) is 1. The Morgan fingerprint density at radius 1 is 1.06 bits per heavy atom. The zero-order chi connectivity index (χ0) is 22.2. The summed E-state index contributed by atoms with van der Waals surface area (Å²) in [6.45, 7) is 2.53. The Morgan fingerprint density at radius 2 is 1.77 bits per heavy atom. The van der Waals surface area contributed by atoms with Crippen LogP contribution in [0.4, 0.5) is 24.9 Å². The highest BCUT2D eigenvalue weighted by molar-refractivity contribution is 5.77. The van der Waals surface area contributed by atoms with Crippen molar-refractivity contribution in [1.29, 1.82) is 0 Å². The highest BCUT2D eigenvalue weighted by Crippen LogP contribution is 2.31. The van der Waals surface area contributed by atoms with Crippen molar-refractivity contribution in [3.8, 4) is 0 Å². The molecule has 4 rings (SSSR count). The van der Waals surface area contributed by atoms with E-state index in [2.05, 4.69) is 24.8 Å². The number of nitrogens with one attached hydrogen (secondary N) is 1. The van der Waals surface area contributed by atoms with Gasteiger partial charge in [0.2, 0.25) is 5.95 Å². The number of aromatic amines is 1. The molecule has 1 fully saturated rings. The van der Waals surface area contributed by atoms with Crippen molar-refractivity contribution < 1.29 is 13.2 Å². The molecule has 11 heteroatoms.